The van der Waals surface area contributed by atoms with Crippen molar-refractivity contribution >= 4 is 23.2 Å². The van der Waals surface area contributed by atoms with E-state index in [1.807, 2.05) is 5.38 Å². The van der Waals surface area contributed by atoms with Crippen molar-refractivity contribution in [3.8, 4) is 0 Å². The van der Waals surface area contributed by atoms with Gasteiger partial charge >= 0.3 is 5.97 Å². The predicted octanol–water partition coefficient (Wildman–Crippen LogP) is 1.11. The number of carboxylic acids is 1. The second kappa shape index (κ2) is 4.85. The minimum absolute atomic E-state index is 0.107. The summed E-state index contributed by atoms with van der Waals surface area (Å²) in [6, 6.07) is 3.50. The van der Waals surface area contributed by atoms with E-state index in [1.165, 1.54) is 11.3 Å². The SMILES string of the molecule is O=C(O)CC1(NC(=O)c2cccs2)CCOC1. The maximum absolute atomic E-state index is 11.9. The lowest BCUT2D eigenvalue weighted by Crippen LogP contribution is -2.50. The Bertz CT molecular complexity index is 409. The van der Waals surface area contributed by atoms with Gasteiger partial charge in [0.25, 0.3) is 5.91 Å². The highest BCUT2D eigenvalue weighted by Crippen LogP contribution is 2.23. The van der Waals surface area contributed by atoms with Crippen molar-refractivity contribution in [2.24, 2.45) is 0 Å². The van der Waals surface area contributed by atoms with Crippen LogP contribution in [0.5, 0.6) is 0 Å². The zero-order valence-electron chi connectivity index (χ0n) is 9.14. The molecule has 1 aliphatic rings. The molecule has 0 radical (unpaired) electrons. The first-order chi connectivity index (χ1) is 8.11. The Balaban J connectivity index is 2.08. The van der Waals surface area contributed by atoms with Crippen LogP contribution >= 0.6 is 11.3 Å². The largest absolute Gasteiger partial charge is 0.481 e. The van der Waals surface area contributed by atoms with Crippen LogP contribution in [-0.2, 0) is 9.53 Å². The summed E-state index contributed by atoms with van der Waals surface area (Å²) in [5.74, 6) is -1.16. The first-order valence-corrected chi connectivity index (χ1v) is 6.15. The third kappa shape index (κ3) is 2.83. The van der Waals surface area contributed by atoms with Gasteiger partial charge in [-0.2, -0.15) is 0 Å². The molecule has 17 heavy (non-hydrogen) atoms. The van der Waals surface area contributed by atoms with E-state index in [1.54, 1.807) is 12.1 Å². The van der Waals surface area contributed by atoms with E-state index in [0.717, 1.165) is 0 Å². The van der Waals surface area contributed by atoms with Crippen molar-refractivity contribution < 1.29 is 19.4 Å². The molecule has 1 aromatic heterocycles. The van der Waals surface area contributed by atoms with Crippen molar-refractivity contribution in [2.45, 2.75) is 18.4 Å². The molecule has 0 bridgehead atoms. The number of ether oxygens (including phenoxy) is 1. The smallest absolute Gasteiger partial charge is 0.305 e. The Hall–Kier alpha value is -1.40. The lowest BCUT2D eigenvalue weighted by Gasteiger charge is -2.26. The number of thiophene rings is 1. The molecular formula is C11H13NO4S. The van der Waals surface area contributed by atoms with Crippen LogP contribution in [0.4, 0.5) is 0 Å². The van der Waals surface area contributed by atoms with Crippen molar-refractivity contribution in [1.29, 1.82) is 0 Å². The van der Waals surface area contributed by atoms with E-state index < -0.39 is 11.5 Å². The highest BCUT2D eigenvalue weighted by atomic mass is 32.1. The van der Waals surface area contributed by atoms with Crippen LogP contribution < -0.4 is 5.32 Å². The summed E-state index contributed by atoms with van der Waals surface area (Å²) in [6.45, 7) is 0.744. The second-order valence-electron chi connectivity index (χ2n) is 4.08. The quantitative estimate of drug-likeness (QED) is 0.845. The highest BCUT2D eigenvalue weighted by Gasteiger charge is 2.38. The number of nitrogens with one attached hydrogen (secondary N) is 1. The number of amides is 1. The van der Waals surface area contributed by atoms with E-state index in [0.29, 0.717) is 17.9 Å². The lowest BCUT2D eigenvalue weighted by atomic mass is 9.94. The number of rotatable bonds is 4. The molecular weight excluding hydrogens is 242 g/mol. The number of hydrogen-bond donors (Lipinski definition) is 2. The van der Waals surface area contributed by atoms with E-state index in [4.69, 9.17) is 9.84 Å². The van der Waals surface area contributed by atoms with Crippen molar-refractivity contribution in [1.82, 2.24) is 5.32 Å². The molecule has 92 valence electrons. The van der Waals surface area contributed by atoms with Crippen LogP contribution in [0.1, 0.15) is 22.5 Å². The number of carbonyl (C=O) groups excluding carboxylic acids is 1. The van der Waals surface area contributed by atoms with Gasteiger partial charge in [-0.15, -0.1) is 11.3 Å². The standard InChI is InChI=1S/C11H13NO4S/c13-9(14)6-11(3-4-16-7-11)12-10(15)8-2-1-5-17-8/h1-2,5H,3-4,6-7H2,(H,12,15)(H,13,14). The Kier molecular flexibility index (Phi) is 3.44. The normalized spacial score (nSPS) is 23.5. The summed E-state index contributed by atoms with van der Waals surface area (Å²) in [6.07, 6.45) is 0.431. The monoisotopic (exact) mass is 255 g/mol. The van der Waals surface area contributed by atoms with Crippen LogP contribution in [0.2, 0.25) is 0 Å². The summed E-state index contributed by atoms with van der Waals surface area (Å²) in [5.41, 5.74) is -0.757. The third-order valence-corrected chi connectivity index (χ3v) is 3.59. The van der Waals surface area contributed by atoms with Crippen LogP contribution in [0.15, 0.2) is 17.5 Å². The van der Waals surface area contributed by atoms with Crippen LogP contribution in [0.3, 0.4) is 0 Å². The fourth-order valence-corrected chi connectivity index (χ4v) is 2.51. The zero-order chi connectivity index (χ0) is 12.3. The van der Waals surface area contributed by atoms with Gasteiger partial charge in [-0.1, -0.05) is 6.07 Å². The average molecular weight is 255 g/mol. The van der Waals surface area contributed by atoms with Crippen molar-refractivity contribution in [2.75, 3.05) is 13.2 Å². The minimum Gasteiger partial charge on any atom is -0.481 e. The molecule has 1 amide bonds. The molecule has 5 nitrogen and oxygen atoms in total. The highest BCUT2D eigenvalue weighted by molar-refractivity contribution is 7.12. The molecule has 1 aromatic rings. The molecule has 1 fully saturated rings. The predicted molar refractivity (Wildman–Crippen MR) is 62.2 cm³/mol. The molecule has 0 aliphatic carbocycles. The molecule has 1 aliphatic heterocycles. The number of carboxylic acid groups (broad SMARTS) is 1. The number of aliphatic carboxylic acids is 1. The molecule has 0 aromatic carbocycles. The van der Waals surface area contributed by atoms with E-state index in [-0.39, 0.29) is 18.9 Å². The summed E-state index contributed by atoms with van der Waals surface area (Å²) in [4.78, 5) is 23.3. The number of hydrogen-bond acceptors (Lipinski definition) is 4. The van der Waals surface area contributed by atoms with Gasteiger partial charge in [0.15, 0.2) is 0 Å². The minimum atomic E-state index is -0.929. The summed E-state index contributed by atoms with van der Waals surface area (Å²) in [7, 11) is 0. The Labute approximate surface area is 102 Å². The first-order valence-electron chi connectivity index (χ1n) is 5.27. The van der Waals surface area contributed by atoms with Crippen LogP contribution in [-0.4, -0.2) is 35.7 Å². The molecule has 0 spiro atoms. The topological polar surface area (TPSA) is 75.6 Å². The van der Waals surface area contributed by atoms with Gasteiger partial charge in [-0.25, -0.2) is 0 Å². The lowest BCUT2D eigenvalue weighted by molar-refractivity contribution is -0.138. The maximum Gasteiger partial charge on any atom is 0.305 e. The van der Waals surface area contributed by atoms with Gasteiger partial charge in [-0.05, 0) is 17.9 Å². The molecule has 0 saturated carbocycles. The molecule has 1 saturated heterocycles. The third-order valence-electron chi connectivity index (χ3n) is 2.72. The van der Waals surface area contributed by atoms with Gasteiger partial charge in [0.1, 0.15) is 0 Å². The first kappa shape index (κ1) is 12.1. The van der Waals surface area contributed by atoms with Gasteiger partial charge in [-0.3, -0.25) is 9.59 Å². The molecule has 2 rings (SSSR count). The summed E-state index contributed by atoms with van der Waals surface area (Å²) < 4.78 is 5.20. The summed E-state index contributed by atoms with van der Waals surface area (Å²) >= 11 is 1.33. The Morgan fingerprint density at radius 3 is 2.94 bits per heavy atom. The van der Waals surface area contributed by atoms with Gasteiger partial charge < -0.3 is 15.2 Å². The Morgan fingerprint density at radius 1 is 1.59 bits per heavy atom. The zero-order valence-corrected chi connectivity index (χ0v) is 9.96. The average Bonchev–Trinajstić information content (AvgIpc) is 2.86. The fraction of sp³-hybridized carbons (Fsp3) is 0.455. The molecule has 2 heterocycles. The van der Waals surface area contributed by atoms with Gasteiger partial charge in [0.2, 0.25) is 0 Å². The van der Waals surface area contributed by atoms with Crippen LogP contribution in [0.25, 0.3) is 0 Å². The summed E-state index contributed by atoms with van der Waals surface area (Å²) in [5, 5.41) is 13.5. The molecule has 1 atom stereocenters. The van der Waals surface area contributed by atoms with Crippen molar-refractivity contribution in [3.05, 3.63) is 22.4 Å². The van der Waals surface area contributed by atoms with Gasteiger partial charge in [0.05, 0.1) is 23.4 Å². The van der Waals surface area contributed by atoms with Crippen molar-refractivity contribution in [3.63, 3.8) is 0 Å². The molecule has 6 heteroatoms. The molecule has 2 N–H and O–H groups in total. The number of carbonyl (C=O) groups is 2. The van der Waals surface area contributed by atoms with Crippen LogP contribution in [0, 0.1) is 0 Å². The fourth-order valence-electron chi connectivity index (χ4n) is 1.89. The van der Waals surface area contributed by atoms with E-state index >= 15 is 0 Å². The maximum atomic E-state index is 11.9. The molecule has 1 unspecified atom stereocenters. The van der Waals surface area contributed by atoms with Gasteiger partial charge in [0, 0.05) is 6.61 Å². The second-order valence-corrected chi connectivity index (χ2v) is 5.03. The Morgan fingerprint density at radius 2 is 2.41 bits per heavy atom. The van der Waals surface area contributed by atoms with E-state index in [2.05, 4.69) is 5.32 Å². The van der Waals surface area contributed by atoms with E-state index in [9.17, 15) is 9.59 Å².